The van der Waals surface area contributed by atoms with Crippen molar-refractivity contribution in [1.29, 1.82) is 0 Å². The number of allylic oxidation sites excluding steroid dienone is 1. The van der Waals surface area contributed by atoms with Crippen molar-refractivity contribution in [3.63, 3.8) is 0 Å². The van der Waals surface area contributed by atoms with E-state index in [1.54, 1.807) is 0 Å². The molecule has 0 bridgehead atoms. The number of terminal acetylenes is 1. The fourth-order valence-corrected chi connectivity index (χ4v) is 2.13. The summed E-state index contributed by atoms with van der Waals surface area (Å²) in [6.07, 6.45) is 7.72. The highest BCUT2D eigenvalue weighted by Gasteiger charge is 2.33. The van der Waals surface area contributed by atoms with Crippen molar-refractivity contribution in [2.75, 3.05) is 0 Å². The third-order valence-corrected chi connectivity index (χ3v) is 3.33. The molecule has 14 heavy (non-hydrogen) atoms. The highest BCUT2D eigenvalue weighted by molar-refractivity contribution is 5.82. The quantitative estimate of drug-likeness (QED) is 0.483. The maximum atomic E-state index is 11.7. The molecule has 0 aromatic rings. The Labute approximate surface area is 86.6 Å². The van der Waals surface area contributed by atoms with E-state index in [-0.39, 0.29) is 5.92 Å². The van der Waals surface area contributed by atoms with Gasteiger partial charge in [0.25, 0.3) is 0 Å². The van der Waals surface area contributed by atoms with Crippen molar-refractivity contribution >= 4 is 5.78 Å². The van der Waals surface area contributed by atoms with Crippen LogP contribution in [0.4, 0.5) is 0 Å². The van der Waals surface area contributed by atoms with E-state index >= 15 is 0 Å². The number of Topliss-reactive ketones (excluding diaryl/α,β-unsaturated/α-hetero) is 1. The standard InChI is InChI=1S/C13H18O/c1-5-6-11-7-12(9(2)3)8-13(14)10(11)4/h1,10-12H,2,6-8H2,3-4H3. The van der Waals surface area contributed by atoms with Crippen LogP contribution in [0.15, 0.2) is 12.2 Å². The van der Waals surface area contributed by atoms with Crippen molar-refractivity contribution in [3.05, 3.63) is 12.2 Å². The van der Waals surface area contributed by atoms with Gasteiger partial charge in [0.2, 0.25) is 0 Å². The molecule has 76 valence electrons. The highest BCUT2D eigenvalue weighted by atomic mass is 16.1. The fraction of sp³-hybridized carbons (Fsp3) is 0.615. The molecule has 0 saturated heterocycles. The lowest BCUT2D eigenvalue weighted by molar-refractivity contribution is -0.127. The lowest BCUT2D eigenvalue weighted by Crippen LogP contribution is -2.31. The van der Waals surface area contributed by atoms with Crippen LogP contribution in [0.3, 0.4) is 0 Å². The molecule has 0 aliphatic heterocycles. The Morgan fingerprint density at radius 2 is 2.36 bits per heavy atom. The first-order chi connectivity index (χ1) is 6.56. The Hall–Kier alpha value is -1.03. The van der Waals surface area contributed by atoms with Crippen LogP contribution in [-0.2, 0) is 4.79 Å². The lowest BCUT2D eigenvalue weighted by Gasteiger charge is -2.32. The second-order valence-corrected chi connectivity index (χ2v) is 4.41. The maximum absolute atomic E-state index is 11.7. The van der Waals surface area contributed by atoms with Crippen molar-refractivity contribution in [2.24, 2.45) is 17.8 Å². The Bertz CT molecular complexity index is 282. The smallest absolute Gasteiger partial charge is 0.136 e. The van der Waals surface area contributed by atoms with Crippen LogP contribution in [0.1, 0.15) is 33.1 Å². The van der Waals surface area contributed by atoms with E-state index in [0.717, 1.165) is 18.4 Å². The molecule has 0 amide bonds. The second kappa shape index (κ2) is 4.46. The molecule has 3 atom stereocenters. The van der Waals surface area contributed by atoms with Gasteiger partial charge in [0.15, 0.2) is 0 Å². The first-order valence-electron chi connectivity index (χ1n) is 5.17. The monoisotopic (exact) mass is 190 g/mol. The van der Waals surface area contributed by atoms with E-state index in [2.05, 4.69) is 12.5 Å². The van der Waals surface area contributed by atoms with Gasteiger partial charge < -0.3 is 0 Å². The molecule has 3 unspecified atom stereocenters. The van der Waals surface area contributed by atoms with Crippen LogP contribution in [-0.4, -0.2) is 5.78 Å². The number of carbonyl (C=O) groups excluding carboxylic acids is 1. The van der Waals surface area contributed by atoms with Gasteiger partial charge in [-0.15, -0.1) is 12.3 Å². The molecule has 1 heteroatoms. The molecular formula is C13H18O. The van der Waals surface area contributed by atoms with Gasteiger partial charge in [0, 0.05) is 18.8 Å². The SMILES string of the molecule is C#CCC1CC(C(=C)C)CC(=O)C1C. The summed E-state index contributed by atoms with van der Waals surface area (Å²) in [5.41, 5.74) is 1.12. The lowest BCUT2D eigenvalue weighted by atomic mass is 9.71. The molecule has 1 nitrogen and oxygen atoms in total. The van der Waals surface area contributed by atoms with Crippen molar-refractivity contribution in [1.82, 2.24) is 0 Å². The van der Waals surface area contributed by atoms with Gasteiger partial charge in [-0.2, -0.15) is 0 Å². The van der Waals surface area contributed by atoms with E-state index in [9.17, 15) is 4.79 Å². The van der Waals surface area contributed by atoms with Gasteiger partial charge in [-0.1, -0.05) is 19.1 Å². The molecule has 0 heterocycles. The Morgan fingerprint density at radius 1 is 1.71 bits per heavy atom. The molecule has 0 spiro atoms. The minimum Gasteiger partial charge on any atom is -0.299 e. The van der Waals surface area contributed by atoms with Crippen LogP contribution < -0.4 is 0 Å². The normalized spacial score (nSPS) is 32.4. The van der Waals surface area contributed by atoms with E-state index in [1.165, 1.54) is 0 Å². The number of hydrogen-bond acceptors (Lipinski definition) is 1. The molecule has 0 aromatic heterocycles. The molecule has 0 radical (unpaired) electrons. The predicted octanol–water partition coefficient (Wildman–Crippen LogP) is 2.82. The molecule has 0 aromatic carbocycles. The topological polar surface area (TPSA) is 17.1 Å². The third-order valence-electron chi connectivity index (χ3n) is 3.33. The summed E-state index contributed by atoms with van der Waals surface area (Å²) in [7, 11) is 0. The van der Waals surface area contributed by atoms with Crippen LogP contribution in [0.2, 0.25) is 0 Å². The average molecular weight is 190 g/mol. The molecule has 0 N–H and O–H groups in total. The van der Waals surface area contributed by atoms with Gasteiger partial charge in [-0.25, -0.2) is 0 Å². The largest absolute Gasteiger partial charge is 0.299 e. The molecular weight excluding hydrogens is 172 g/mol. The zero-order chi connectivity index (χ0) is 10.7. The first kappa shape index (κ1) is 11.0. The van der Waals surface area contributed by atoms with Crippen molar-refractivity contribution < 1.29 is 4.79 Å². The summed E-state index contributed by atoms with van der Waals surface area (Å²) in [4.78, 5) is 11.7. The Morgan fingerprint density at radius 3 is 2.86 bits per heavy atom. The van der Waals surface area contributed by atoms with E-state index < -0.39 is 0 Å². The number of ketones is 1. The van der Waals surface area contributed by atoms with Crippen molar-refractivity contribution in [2.45, 2.75) is 33.1 Å². The summed E-state index contributed by atoms with van der Waals surface area (Å²) in [5.74, 6) is 3.88. The maximum Gasteiger partial charge on any atom is 0.136 e. The van der Waals surface area contributed by atoms with E-state index in [0.29, 0.717) is 24.0 Å². The molecule has 1 aliphatic carbocycles. The third kappa shape index (κ3) is 2.26. The van der Waals surface area contributed by atoms with Gasteiger partial charge in [0.05, 0.1) is 0 Å². The van der Waals surface area contributed by atoms with E-state index in [1.807, 2.05) is 13.8 Å². The Balaban J connectivity index is 2.72. The molecule has 1 fully saturated rings. The molecule has 1 saturated carbocycles. The summed E-state index contributed by atoms with van der Waals surface area (Å²) in [6, 6.07) is 0. The average Bonchev–Trinajstić information content (AvgIpc) is 2.12. The number of rotatable bonds is 2. The fourth-order valence-electron chi connectivity index (χ4n) is 2.13. The van der Waals surface area contributed by atoms with Crippen LogP contribution in [0, 0.1) is 30.1 Å². The minimum absolute atomic E-state index is 0.140. The number of carbonyl (C=O) groups is 1. The Kier molecular flexibility index (Phi) is 3.52. The van der Waals surface area contributed by atoms with Gasteiger partial charge >= 0.3 is 0 Å². The summed E-state index contributed by atoms with van der Waals surface area (Å²) < 4.78 is 0. The highest BCUT2D eigenvalue weighted by Crippen LogP contribution is 2.36. The zero-order valence-corrected chi connectivity index (χ0v) is 9.05. The van der Waals surface area contributed by atoms with Crippen LogP contribution in [0.5, 0.6) is 0 Å². The van der Waals surface area contributed by atoms with Gasteiger partial charge in [-0.05, 0) is 25.2 Å². The van der Waals surface area contributed by atoms with Crippen molar-refractivity contribution in [3.8, 4) is 12.3 Å². The summed E-state index contributed by atoms with van der Waals surface area (Å²) >= 11 is 0. The molecule has 1 rings (SSSR count). The summed E-state index contributed by atoms with van der Waals surface area (Å²) in [5, 5.41) is 0. The van der Waals surface area contributed by atoms with Crippen LogP contribution in [0.25, 0.3) is 0 Å². The van der Waals surface area contributed by atoms with Crippen LogP contribution >= 0.6 is 0 Å². The first-order valence-corrected chi connectivity index (χ1v) is 5.17. The van der Waals surface area contributed by atoms with Gasteiger partial charge in [-0.3, -0.25) is 4.79 Å². The summed E-state index contributed by atoms with van der Waals surface area (Å²) in [6.45, 7) is 7.93. The molecule has 1 aliphatic rings. The predicted molar refractivity (Wildman–Crippen MR) is 58.6 cm³/mol. The minimum atomic E-state index is 0.140. The van der Waals surface area contributed by atoms with Gasteiger partial charge in [0.1, 0.15) is 5.78 Å². The zero-order valence-electron chi connectivity index (χ0n) is 9.05. The van der Waals surface area contributed by atoms with E-state index in [4.69, 9.17) is 6.42 Å². The second-order valence-electron chi connectivity index (χ2n) is 4.41. The number of hydrogen-bond donors (Lipinski definition) is 0.